The predicted molar refractivity (Wildman–Crippen MR) is 60.2 cm³/mol. The van der Waals surface area contributed by atoms with Crippen molar-refractivity contribution in [2.24, 2.45) is 0 Å². The van der Waals surface area contributed by atoms with E-state index in [-0.39, 0.29) is 41.3 Å². The Morgan fingerprint density at radius 1 is 1.59 bits per heavy atom. The van der Waals surface area contributed by atoms with E-state index < -0.39 is 11.8 Å². The number of aliphatic carboxylic acids is 1. The molecule has 1 aromatic carbocycles. The number of aromatic hydroxyl groups is 1. The van der Waals surface area contributed by atoms with Crippen molar-refractivity contribution in [3.63, 3.8) is 0 Å². The average molecular weight is 263 g/mol. The lowest BCUT2D eigenvalue weighted by molar-refractivity contribution is -0.137. The summed E-state index contributed by atoms with van der Waals surface area (Å²) in [6.07, 6.45) is 0.192. The zero-order valence-electron chi connectivity index (χ0n) is 9.17. The fourth-order valence-electron chi connectivity index (χ4n) is 1.44. The average Bonchev–Trinajstić information content (AvgIpc) is 2.27. The van der Waals surface area contributed by atoms with Crippen molar-refractivity contribution in [1.82, 2.24) is 0 Å². The second-order valence-electron chi connectivity index (χ2n) is 3.45. The summed E-state index contributed by atoms with van der Waals surface area (Å²) in [6, 6.07) is 1.17. The Kier molecular flexibility index (Phi) is 4.57. The lowest BCUT2D eigenvalue weighted by Gasteiger charge is -2.11. The Bertz CT molecular complexity index is 434. The minimum Gasteiger partial charge on any atom is -0.504 e. The van der Waals surface area contributed by atoms with Crippen LogP contribution in [0.2, 0.25) is 5.02 Å². The van der Waals surface area contributed by atoms with Gasteiger partial charge >= 0.3 is 5.97 Å². The van der Waals surface area contributed by atoms with E-state index in [1.54, 1.807) is 0 Å². The highest BCUT2D eigenvalue weighted by Gasteiger charge is 2.17. The molecule has 0 aliphatic heterocycles. The number of hydrogen-bond acceptors (Lipinski definition) is 3. The van der Waals surface area contributed by atoms with Crippen LogP contribution in [-0.4, -0.2) is 23.3 Å². The van der Waals surface area contributed by atoms with Crippen LogP contribution in [0.4, 0.5) is 4.39 Å². The van der Waals surface area contributed by atoms with E-state index in [1.165, 1.54) is 13.2 Å². The molecule has 0 saturated carbocycles. The van der Waals surface area contributed by atoms with Gasteiger partial charge in [0.1, 0.15) is 5.82 Å². The Balaban J connectivity index is 2.96. The number of rotatable bonds is 5. The Labute approximate surface area is 103 Å². The van der Waals surface area contributed by atoms with Crippen LogP contribution in [0.15, 0.2) is 6.07 Å². The maximum atomic E-state index is 13.6. The van der Waals surface area contributed by atoms with Gasteiger partial charge in [0, 0.05) is 18.1 Å². The SMILES string of the molecule is COc1cc(Cl)c(F)c(CCCC(=O)O)c1O. The molecule has 0 aliphatic rings. The highest BCUT2D eigenvalue weighted by molar-refractivity contribution is 6.31. The van der Waals surface area contributed by atoms with E-state index in [9.17, 15) is 14.3 Å². The molecule has 94 valence electrons. The number of carbonyl (C=O) groups is 1. The van der Waals surface area contributed by atoms with Crippen molar-refractivity contribution < 1.29 is 24.1 Å². The van der Waals surface area contributed by atoms with E-state index >= 15 is 0 Å². The van der Waals surface area contributed by atoms with E-state index in [0.717, 1.165) is 0 Å². The standard InChI is InChI=1S/C11H12ClFO4/c1-17-8-5-7(12)10(13)6(11(8)16)3-2-4-9(14)15/h5,16H,2-4H2,1H3,(H,14,15). The fraction of sp³-hybridized carbons (Fsp3) is 0.364. The number of carboxylic acid groups (broad SMARTS) is 1. The van der Waals surface area contributed by atoms with Gasteiger partial charge in [-0.15, -0.1) is 0 Å². The van der Waals surface area contributed by atoms with Gasteiger partial charge in [-0.25, -0.2) is 4.39 Å². The van der Waals surface area contributed by atoms with E-state index in [1.807, 2.05) is 0 Å². The first-order valence-corrected chi connectivity index (χ1v) is 5.30. The summed E-state index contributed by atoms with van der Waals surface area (Å²) in [4.78, 5) is 10.3. The molecule has 1 aromatic rings. The molecule has 0 bridgehead atoms. The summed E-state index contributed by atoms with van der Waals surface area (Å²) in [5, 5.41) is 18.0. The molecule has 0 unspecified atom stereocenters. The topological polar surface area (TPSA) is 66.8 Å². The molecule has 0 fully saturated rings. The number of methoxy groups -OCH3 is 1. The van der Waals surface area contributed by atoms with Gasteiger partial charge in [0.25, 0.3) is 0 Å². The van der Waals surface area contributed by atoms with Crippen molar-refractivity contribution in [3.05, 3.63) is 22.5 Å². The smallest absolute Gasteiger partial charge is 0.303 e. The van der Waals surface area contributed by atoms with Gasteiger partial charge in [0.05, 0.1) is 12.1 Å². The molecular formula is C11H12ClFO4. The molecule has 6 heteroatoms. The zero-order chi connectivity index (χ0) is 13.0. The van der Waals surface area contributed by atoms with Crippen molar-refractivity contribution in [2.75, 3.05) is 7.11 Å². The number of ether oxygens (including phenoxy) is 1. The number of phenols is 1. The van der Waals surface area contributed by atoms with Gasteiger partial charge in [-0.05, 0) is 12.8 Å². The first-order valence-electron chi connectivity index (χ1n) is 4.93. The highest BCUT2D eigenvalue weighted by atomic mass is 35.5. The normalized spacial score (nSPS) is 10.3. The number of benzene rings is 1. The quantitative estimate of drug-likeness (QED) is 0.856. The third-order valence-electron chi connectivity index (χ3n) is 2.29. The summed E-state index contributed by atoms with van der Waals surface area (Å²) < 4.78 is 18.4. The van der Waals surface area contributed by atoms with Gasteiger partial charge in [0.15, 0.2) is 11.5 Å². The van der Waals surface area contributed by atoms with Gasteiger partial charge < -0.3 is 14.9 Å². The summed E-state index contributed by atoms with van der Waals surface area (Å²) in [7, 11) is 1.32. The van der Waals surface area contributed by atoms with E-state index in [4.69, 9.17) is 21.4 Å². The zero-order valence-corrected chi connectivity index (χ0v) is 9.92. The molecule has 0 saturated heterocycles. The van der Waals surface area contributed by atoms with Crippen LogP contribution in [0, 0.1) is 5.82 Å². The van der Waals surface area contributed by atoms with Gasteiger partial charge in [0.2, 0.25) is 0 Å². The number of phenolic OH excluding ortho intramolecular Hbond substituents is 1. The third kappa shape index (κ3) is 3.23. The minimum atomic E-state index is -0.973. The summed E-state index contributed by atoms with van der Waals surface area (Å²) in [6.45, 7) is 0. The van der Waals surface area contributed by atoms with Crippen molar-refractivity contribution in [3.8, 4) is 11.5 Å². The highest BCUT2D eigenvalue weighted by Crippen LogP contribution is 2.37. The van der Waals surface area contributed by atoms with Crippen LogP contribution in [0.3, 0.4) is 0 Å². The first-order chi connectivity index (χ1) is 7.97. The van der Waals surface area contributed by atoms with Gasteiger partial charge in [-0.2, -0.15) is 0 Å². The van der Waals surface area contributed by atoms with E-state index in [2.05, 4.69) is 0 Å². The number of hydrogen-bond donors (Lipinski definition) is 2. The van der Waals surface area contributed by atoms with Gasteiger partial charge in [-0.3, -0.25) is 4.79 Å². The lowest BCUT2D eigenvalue weighted by Crippen LogP contribution is -1.99. The molecule has 4 nitrogen and oxygen atoms in total. The fourth-order valence-corrected chi connectivity index (χ4v) is 1.66. The molecule has 0 spiro atoms. The van der Waals surface area contributed by atoms with Crippen molar-refractivity contribution >= 4 is 17.6 Å². The molecule has 1 rings (SSSR count). The molecule has 0 amide bonds. The van der Waals surface area contributed by atoms with Crippen LogP contribution >= 0.6 is 11.6 Å². The largest absolute Gasteiger partial charge is 0.504 e. The van der Waals surface area contributed by atoms with Crippen LogP contribution in [0.1, 0.15) is 18.4 Å². The molecule has 0 heterocycles. The van der Waals surface area contributed by atoms with Crippen molar-refractivity contribution in [2.45, 2.75) is 19.3 Å². The summed E-state index contributed by atoms with van der Waals surface area (Å²) >= 11 is 5.63. The maximum Gasteiger partial charge on any atom is 0.303 e. The lowest BCUT2D eigenvalue weighted by atomic mass is 10.1. The maximum absolute atomic E-state index is 13.6. The first kappa shape index (κ1) is 13.6. The minimum absolute atomic E-state index is 0.0180. The number of halogens is 2. The molecule has 17 heavy (non-hydrogen) atoms. The molecule has 0 atom stereocenters. The van der Waals surface area contributed by atoms with Crippen LogP contribution in [-0.2, 0) is 11.2 Å². The van der Waals surface area contributed by atoms with Crippen LogP contribution < -0.4 is 4.74 Å². The number of carboxylic acids is 1. The summed E-state index contributed by atoms with van der Waals surface area (Å²) in [5.41, 5.74) is -0.0180. The van der Waals surface area contributed by atoms with Crippen LogP contribution in [0.5, 0.6) is 11.5 Å². The second kappa shape index (κ2) is 5.72. The predicted octanol–water partition coefficient (Wildman–Crippen LogP) is 2.60. The molecule has 0 radical (unpaired) electrons. The second-order valence-corrected chi connectivity index (χ2v) is 3.86. The van der Waals surface area contributed by atoms with E-state index in [0.29, 0.717) is 0 Å². The molecular weight excluding hydrogens is 251 g/mol. The Hall–Kier alpha value is -1.49. The summed E-state index contributed by atoms with van der Waals surface area (Å²) in [5.74, 6) is -1.98. The molecule has 2 N–H and O–H groups in total. The van der Waals surface area contributed by atoms with Crippen molar-refractivity contribution in [1.29, 1.82) is 0 Å². The molecule has 0 aromatic heterocycles. The van der Waals surface area contributed by atoms with Crippen LogP contribution in [0.25, 0.3) is 0 Å². The monoisotopic (exact) mass is 262 g/mol. The third-order valence-corrected chi connectivity index (χ3v) is 2.56. The Morgan fingerprint density at radius 2 is 2.24 bits per heavy atom. The molecule has 0 aliphatic carbocycles. The van der Waals surface area contributed by atoms with Gasteiger partial charge in [-0.1, -0.05) is 11.6 Å². The Morgan fingerprint density at radius 3 is 2.76 bits per heavy atom.